The number of ether oxygens (including phenoxy) is 2. The molecule has 0 N–H and O–H groups in total. The van der Waals surface area contributed by atoms with Gasteiger partial charge in [-0.25, -0.2) is 0 Å². The molecule has 0 saturated heterocycles. The molecular weight excluding hydrogens is 374 g/mol. The molecule has 0 aromatic carbocycles. The molecule has 0 saturated carbocycles. The summed E-state index contributed by atoms with van der Waals surface area (Å²) in [6.45, 7) is 4.21. The van der Waals surface area contributed by atoms with Crippen molar-refractivity contribution in [1.82, 2.24) is 0 Å². The molecule has 0 spiro atoms. The molecule has 0 heterocycles. The fourth-order valence-corrected chi connectivity index (χ4v) is 7.66. The van der Waals surface area contributed by atoms with Gasteiger partial charge in [0, 0.05) is 0 Å². The third kappa shape index (κ3) is 9.97. The van der Waals surface area contributed by atoms with Gasteiger partial charge >= 0.3 is 114 Å². The number of carbonyl (C=O) groups excluding carboxylic acids is 2. The second kappa shape index (κ2) is 9.28. The maximum atomic E-state index is 11.1. The molecule has 7 heteroatoms. The first kappa shape index (κ1) is 17.3. The molecule has 0 amide bonds. The van der Waals surface area contributed by atoms with Crippen molar-refractivity contribution in [2.45, 2.75) is 35.6 Å². The third-order valence-corrected chi connectivity index (χ3v) is 12.7. The summed E-state index contributed by atoms with van der Waals surface area (Å²) in [7, 11) is 12.4. The van der Waals surface area contributed by atoms with E-state index in [-0.39, 0.29) is 24.8 Å². The molecule has 0 aliphatic heterocycles. The van der Waals surface area contributed by atoms with Crippen molar-refractivity contribution in [2.24, 2.45) is 0 Å². The molecule has 0 atom stereocenters. The molecule has 0 bridgehead atoms. The van der Waals surface area contributed by atoms with Gasteiger partial charge in [-0.2, -0.15) is 0 Å². The van der Waals surface area contributed by atoms with E-state index in [4.69, 9.17) is 27.3 Å². The van der Waals surface area contributed by atoms with Crippen LogP contribution in [0.3, 0.4) is 0 Å². The Balaban J connectivity index is 3.86. The van der Waals surface area contributed by atoms with Gasteiger partial charge in [0.25, 0.3) is 0 Å². The van der Waals surface area contributed by atoms with Crippen molar-refractivity contribution in [2.75, 3.05) is 13.2 Å². The van der Waals surface area contributed by atoms with Crippen molar-refractivity contribution in [3.63, 3.8) is 0 Å². The molecule has 0 aromatic heterocycles. The van der Waals surface area contributed by atoms with Crippen LogP contribution < -0.4 is 0 Å². The predicted molar refractivity (Wildman–Crippen MR) is 69.6 cm³/mol. The molecule has 4 nitrogen and oxygen atoms in total. The number of hydrogen-bond acceptors (Lipinski definition) is 4. The second-order valence-electron chi connectivity index (χ2n) is 3.47. The Kier molecular flexibility index (Phi) is 9.45. The van der Waals surface area contributed by atoms with E-state index in [0.29, 0.717) is 22.1 Å². The molecule has 0 unspecified atom stereocenters. The van der Waals surface area contributed by atoms with Crippen LogP contribution in [0.15, 0.2) is 0 Å². The maximum absolute atomic E-state index is 11.1. The molecule has 0 aromatic rings. The first-order valence-electron chi connectivity index (χ1n) is 5.60. The summed E-state index contributed by atoms with van der Waals surface area (Å²) in [5.41, 5.74) is 0. The van der Waals surface area contributed by atoms with Crippen LogP contribution in [0.1, 0.15) is 26.7 Å². The van der Waals surface area contributed by atoms with Crippen molar-refractivity contribution in [3.05, 3.63) is 0 Å². The quantitative estimate of drug-likeness (QED) is 0.471. The van der Waals surface area contributed by atoms with Crippen LogP contribution in [0.4, 0.5) is 0 Å². The standard InChI is InChI=1S/2C5H9O2.2ClH.Sn/c2*1-3-5(6)7-4-2;;;/h2*1,3-4H2,2H3;2*1H;/q;;;;+2/p-2. The first-order chi connectivity index (χ1) is 7.91. The van der Waals surface area contributed by atoms with Crippen molar-refractivity contribution >= 4 is 45.9 Å². The van der Waals surface area contributed by atoms with Crippen LogP contribution in [0.25, 0.3) is 0 Å². The van der Waals surface area contributed by atoms with Gasteiger partial charge < -0.3 is 0 Å². The number of hydrogen-bond donors (Lipinski definition) is 0. The Labute approximate surface area is 113 Å². The second-order valence-corrected chi connectivity index (χ2v) is 22.2. The summed E-state index contributed by atoms with van der Waals surface area (Å²) in [6.07, 6.45) is 0.472. The molecule has 0 aliphatic carbocycles. The summed E-state index contributed by atoms with van der Waals surface area (Å²) in [4.78, 5) is 22.3. The van der Waals surface area contributed by atoms with Gasteiger partial charge in [-0.15, -0.1) is 0 Å². The van der Waals surface area contributed by atoms with Crippen LogP contribution in [0.2, 0.25) is 8.87 Å². The van der Waals surface area contributed by atoms with E-state index in [2.05, 4.69) is 0 Å². The number of halogens is 2. The van der Waals surface area contributed by atoms with E-state index in [1.807, 2.05) is 0 Å². The third-order valence-electron chi connectivity index (χ3n) is 2.00. The van der Waals surface area contributed by atoms with Crippen LogP contribution in [0, 0.1) is 0 Å². The van der Waals surface area contributed by atoms with Crippen LogP contribution in [-0.4, -0.2) is 41.3 Å². The molecule has 0 radical (unpaired) electrons. The van der Waals surface area contributed by atoms with E-state index < -0.39 is 16.1 Å². The first-order valence-corrected chi connectivity index (χ1v) is 16.9. The molecule has 17 heavy (non-hydrogen) atoms. The predicted octanol–water partition coefficient (Wildman–Crippen LogP) is 2.81. The van der Waals surface area contributed by atoms with Crippen molar-refractivity contribution in [3.8, 4) is 0 Å². The Bertz CT molecular complexity index is 235. The zero-order chi connectivity index (χ0) is 13.3. The van der Waals surface area contributed by atoms with E-state index in [0.717, 1.165) is 0 Å². The van der Waals surface area contributed by atoms with Crippen LogP contribution >= 0.6 is 17.8 Å². The average molecular weight is 392 g/mol. The van der Waals surface area contributed by atoms with Gasteiger partial charge in [-0.05, 0) is 0 Å². The van der Waals surface area contributed by atoms with Crippen LogP contribution in [0.5, 0.6) is 0 Å². The molecular formula is C10H18Cl2O4Sn. The van der Waals surface area contributed by atoms with E-state index in [1.54, 1.807) is 13.8 Å². The minimum atomic E-state index is -3.28. The van der Waals surface area contributed by atoms with Gasteiger partial charge in [0.15, 0.2) is 0 Å². The van der Waals surface area contributed by atoms with Crippen molar-refractivity contribution in [1.29, 1.82) is 0 Å². The van der Waals surface area contributed by atoms with Gasteiger partial charge in [-0.3, -0.25) is 0 Å². The minimum absolute atomic E-state index is 0.236. The molecule has 0 aliphatic rings. The summed E-state index contributed by atoms with van der Waals surface area (Å²) in [6, 6.07) is 0. The number of esters is 2. The Morgan fingerprint density at radius 2 is 1.29 bits per heavy atom. The number of rotatable bonds is 8. The van der Waals surface area contributed by atoms with E-state index >= 15 is 0 Å². The van der Waals surface area contributed by atoms with Gasteiger partial charge in [0.2, 0.25) is 0 Å². The Morgan fingerprint density at radius 3 is 1.59 bits per heavy atom. The van der Waals surface area contributed by atoms with Gasteiger partial charge in [0.05, 0.1) is 0 Å². The fourth-order valence-electron chi connectivity index (χ4n) is 1.16. The summed E-state index contributed by atoms with van der Waals surface area (Å²) in [5.74, 6) is -0.572. The zero-order valence-electron chi connectivity index (χ0n) is 10.1. The summed E-state index contributed by atoms with van der Waals surface area (Å²) < 4.78 is 10.5. The number of carbonyl (C=O) groups is 2. The van der Waals surface area contributed by atoms with Crippen molar-refractivity contribution < 1.29 is 19.1 Å². The molecule has 0 rings (SSSR count). The Hall–Kier alpha value is 0.319. The van der Waals surface area contributed by atoms with Gasteiger partial charge in [-0.1, -0.05) is 0 Å². The average Bonchev–Trinajstić information content (AvgIpc) is 2.25. The monoisotopic (exact) mass is 392 g/mol. The summed E-state index contributed by atoms with van der Waals surface area (Å²) >= 11 is -3.28. The summed E-state index contributed by atoms with van der Waals surface area (Å²) in [5, 5.41) is 0. The fraction of sp³-hybridized carbons (Fsp3) is 0.800. The van der Waals surface area contributed by atoms with E-state index in [9.17, 15) is 9.59 Å². The SMILES string of the molecule is CCOC(=O)C[CH2][Sn]([Cl])([Cl])[CH2]CC(=O)OCC. The zero-order valence-corrected chi connectivity index (χ0v) is 14.5. The molecule has 100 valence electrons. The van der Waals surface area contributed by atoms with Gasteiger partial charge in [0.1, 0.15) is 0 Å². The normalized spacial score (nSPS) is 11.1. The van der Waals surface area contributed by atoms with E-state index in [1.165, 1.54) is 0 Å². The Morgan fingerprint density at radius 1 is 0.941 bits per heavy atom. The molecule has 0 fully saturated rings. The topological polar surface area (TPSA) is 52.6 Å². The van der Waals surface area contributed by atoms with Crippen LogP contribution in [-0.2, 0) is 19.1 Å².